The number of halogens is 2. The minimum atomic E-state index is -3.66. The first-order chi connectivity index (χ1) is 9.33. The van der Waals surface area contributed by atoms with Crippen LogP contribution in [-0.2, 0) is 16.6 Å². The Kier molecular flexibility index (Phi) is 7.11. The molecule has 0 aromatic heterocycles. The Morgan fingerprint density at radius 3 is 2.60 bits per heavy atom. The van der Waals surface area contributed by atoms with Crippen molar-refractivity contribution < 1.29 is 8.42 Å². The third kappa shape index (κ3) is 4.51. The molecule has 0 heterocycles. The van der Waals surface area contributed by atoms with Crippen molar-refractivity contribution in [1.29, 1.82) is 0 Å². The van der Waals surface area contributed by atoms with Gasteiger partial charge in [-0.2, -0.15) is 11.8 Å². The van der Waals surface area contributed by atoms with E-state index in [1.165, 1.54) is 12.1 Å². The molecule has 0 saturated heterocycles. The zero-order chi connectivity index (χ0) is 15.3. The van der Waals surface area contributed by atoms with Gasteiger partial charge in [0.2, 0.25) is 10.0 Å². The predicted octanol–water partition coefficient (Wildman–Crippen LogP) is 2.73. The smallest absolute Gasteiger partial charge is 0.242 e. The summed E-state index contributed by atoms with van der Waals surface area (Å²) in [6.45, 7) is 2.43. The van der Waals surface area contributed by atoms with E-state index in [0.717, 1.165) is 5.75 Å². The second-order valence-electron chi connectivity index (χ2n) is 4.45. The van der Waals surface area contributed by atoms with Crippen LogP contribution in [0.3, 0.4) is 0 Å². The minimum Gasteiger partial charge on any atom is -0.326 e. The van der Waals surface area contributed by atoms with Gasteiger partial charge in [-0.15, -0.1) is 0 Å². The summed E-state index contributed by atoms with van der Waals surface area (Å²) in [4.78, 5) is 0.0142. The van der Waals surface area contributed by atoms with Crippen LogP contribution in [0, 0.1) is 5.92 Å². The molecule has 0 spiro atoms. The summed E-state index contributed by atoms with van der Waals surface area (Å²) in [5, 5.41) is 0.456. The molecular weight excluding hydrogens is 339 g/mol. The molecule has 0 aliphatic rings. The van der Waals surface area contributed by atoms with Gasteiger partial charge in [-0.1, -0.05) is 30.1 Å². The maximum atomic E-state index is 12.3. The van der Waals surface area contributed by atoms with Crippen molar-refractivity contribution in [2.75, 3.05) is 18.6 Å². The number of benzene rings is 1. The summed E-state index contributed by atoms with van der Waals surface area (Å²) in [7, 11) is -3.66. The number of sulfonamides is 1. The van der Waals surface area contributed by atoms with E-state index in [1.54, 1.807) is 11.8 Å². The van der Waals surface area contributed by atoms with Crippen LogP contribution in [0.4, 0.5) is 0 Å². The molecule has 20 heavy (non-hydrogen) atoms. The Balaban J connectivity index is 2.99. The van der Waals surface area contributed by atoms with E-state index in [2.05, 4.69) is 4.72 Å². The molecule has 114 valence electrons. The van der Waals surface area contributed by atoms with E-state index in [1.807, 2.05) is 13.2 Å². The summed E-state index contributed by atoms with van der Waals surface area (Å²) in [6.07, 6.45) is 1.98. The van der Waals surface area contributed by atoms with Crippen LogP contribution in [-0.4, -0.2) is 27.0 Å². The molecule has 4 nitrogen and oxygen atoms in total. The Morgan fingerprint density at radius 2 is 2.05 bits per heavy atom. The maximum Gasteiger partial charge on any atom is 0.242 e. The highest BCUT2D eigenvalue weighted by Gasteiger charge is 2.21. The lowest BCUT2D eigenvalue weighted by Gasteiger charge is -2.14. The number of thioether (sulfide) groups is 1. The Labute approximate surface area is 134 Å². The lowest BCUT2D eigenvalue weighted by Crippen LogP contribution is -2.29. The molecule has 0 aliphatic carbocycles. The first-order valence-corrected chi connectivity index (χ1v) is 9.62. The van der Waals surface area contributed by atoms with Gasteiger partial charge in [0.1, 0.15) is 4.90 Å². The zero-order valence-corrected chi connectivity index (χ0v) is 14.5. The van der Waals surface area contributed by atoms with Crippen LogP contribution in [0.1, 0.15) is 12.5 Å². The molecule has 1 unspecified atom stereocenters. The second kappa shape index (κ2) is 7.87. The van der Waals surface area contributed by atoms with Gasteiger partial charge in [0.15, 0.2) is 0 Å². The molecule has 1 aromatic carbocycles. The minimum absolute atomic E-state index is 0.0142. The topological polar surface area (TPSA) is 72.2 Å². The molecular formula is C12H18Cl2N2O2S2. The summed E-state index contributed by atoms with van der Waals surface area (Å²) in [6, 6.07) is 2.89. The molecule has 0 fully saturated rings. The standard InChI is InChI=1S/C12H18Cl2N2O2S2/c1-8(7-19-2)6-16-20(17,18)11-4-3-10(13)9(5-15)12(11)14/h3-4,8,16H,5-7,15H2,1-2H3. The first-order valence-electron chi connectivity index (χ1n) is 5.99. The van der Waals surface area contributed by atoms with Gasteiger partial charge in [-0.05, 0) is 30.1 Å². The molecule has 1 aromatic rings. The maximum absolute atomic E-state index is 12.3. The van der Waals surface area contributed by atoms with Gasteiger partial charge in [-0.25, -0.2) is 13.1 Å². The molecule has 1 atom stereocenters. The highest BCUT2D eigenvalue weighted by atomic mass is 35.5. The van der Waals surface area contributed by atoms with Crippen LogP contribution in [0.25, 0.3) is 0 Å². The summed E-state index contributed by atoms with van der Waals surface area (Å²) >= 11 is 13.7. The van der Waals surface area contributed by atoms with Crippen LogP contribution in [0.5, 0.6) is 0 Å². The lowest BCUT2D eigenvalue weighted by atomic mass is 10.2. The number of hydrogen-bond donors (Lipinski definition) is 2. The van der Waals surface area contributed by atoms with E-state index >= 15 is 0 Å². The average molecular weight is 357 g/mol. The fourth-order valence-corrected chi connectivity index (χ4v) is 4.43. The Hall–Kier alpha value is 0.0200. The molecule has 0 bridgehead atoms. The van der Waals surface area contributed by atoms with Crippen molar-refractivity contribution in [2.24, 2.45) is 11.7 Å². The Morgan fingerprint density at radius 1 is 1.40 bits per heavy atom. The first kappa shape index (κ1) is 18.1. The van der Waals surface area contributed by atoms with Crippen molar-refractivity contribution in [1.82, 2.24) is 4.72 Å². The second-order valence-corrected chi connectivity index (χ2v) is 7.89. The lowest BCUT2D eigenvalue weighted by molar-refractivity contribution is 0.562. The summed E-state index contributed by atoms with van der Waals surface area (Å²) in [5.74, 6) is 1.12. The van der Waals surface area contributed by atoms with E-state index in [4.69, 9.17) is 28.9 Å². The van der Waals surface area contributed by atoms with Gasteiger partial charge >= 0.3 is 0 Å². The van der Waals surface area contributed by atoms with Gasteiger partial charge in [0.25, 0.3) is 0 Å². The van der Waals surface area contributed by atoms with Crippen molar-refractivity contribution >= 4 is 45.0 Å². The number of rotatable bonds is 7. The molecule has 3 N–H and O–H groups in total. The fourth-order valence-electron chi connectivity index (χ4n) is 1.64. The number of nitrogens with one attached hydrogen (secondary N) is 1. The predicted molar refractivity (Wildman–Crippen MR) is 87.1 cm³/mol. The quantitative estimate of drug-likeness (QED) is 0.787. The zero-order valence-electron chi connectivity index (χ0n) is 11.3. The van der Waals surface area contributed by atoms with Crippen molar-refractivity contribution in [2.45, 2.75) is 18.4 Å². The number of hydrogen-bond acceptors (Lipinski definition) is 4. The monoisotopic (exact) mass is 356 g/mol. The normalized spacial score (nSPS) is 13.4. The van der Waals surface area contributed by atoms with E-state index in [0.29, 0.717) is 17.1 Å². The van der Waals surface area contributed by atoms with Gasteiger partial charge < -0.3 is 5.73 Å². The van der Waals surface area contributed by atoms with E-state index < -0.39 is 10.0 Å². The van der Waals surface area contributed by atoms with Gasteiger partial charge in [-0.3, -0.25) is 0 Å². The Bertz CT molecular complexity index is 565. The van der Waals surface area contributed by atoms with Crippen molar-refractivity contribution in [3.05, 3.63) is 27.7 Å². The molecule has 1 rings (SSSR count). The molecule has 8 heteroatoms. The number of nitrogens with two attached hydrogens (primary N) is 1. The average Bonchev–Trinajstić information content (AvgIpc) is 2.37. The molecule has 0 saturated carbocycles. The highest BCUT2D eigenvalue weighted by Crippen LogP contribution is 2.30. The third-order valence-corrected chi connectivity index (χ3v) is 5.98. The summed E-state index contributed by atoms with van der Waals surface area (Å²) < 4.78 is 27.1. The largest absolute Gasteiger partial charge is 0.326 e. The van der Waals surface area contributed by atoms with Gasteiger partial charge in [0, 0.05) is 23.7 Å². The molecule has 0 aliphatic heterocycles. The fraction of sp³-hybridized carbons (Fsp3) is 0.500. The molecule has 0 radical (unpaired) electrons. The van der Waals surface area contributed by atoms with Crippen molar-refractivity contribution in [3.8, 4) is 0 Å². The van der Waals surface area contributed by atoms with Crippen LogP contribution >= 0.6 is 35.0 Å². The van der Waals surface area contributed by atoms with Gasteiger partial charge in [0.05, 0.1) is 5.02 Å². The van der Waals surface area contributed by atoms with Crippen LogP contribution in [0.2, 0.25) is 10.0 Å². The van der Waals surface area contributed by atoms with Crippen molar-refractivity contribution in [3.63, 3.8) is 0 Å². The molecule has 0 amide bonds. The third-order valence-electron chi connectivity index (χ3n) is 2.72. The summed E-state index contributed by atoms with van der Waals surface area (Å²) in [5.41, 5.74) is 5.98. The van der Waals surface area contributed by atoms with E-state index in [9.17, 15) is 8.42 Å². The SMILES string of the molecule is CSCC(C)CNS(=O)(=O)c1ccc(Cl)c(CN)c1Cl. The van der Waals surface area contributed by atoms with Crippen LogP contribution < -0.4 is 10.5 Å². The highest BCUT2D eigenvalue weighted by molar-refractivity contribution is 7.98. The van der Waals surface area contributed by atoms with Crippen LogP contribution in [0.15, 0.2) is 17.0 Å². The van der Waals surface area contributed by atoms with E-state index in [-0.39, 0.29) is 22.4 Å².